The first-order valence-electron chi connectivity index (χ1n) is 2.93. The van der Waals surface area contributed by atoms with Crippen LogP contribution in [0.15, 0.2) is 12.2 Å². The zero-order valence-corrected chi connectivity index (χ0v) is 5.14. The molecule has 0 aromatic rings. The summed E-state index contributed by atoms with van der Waals surface area (Å²) in [4.78, 5) is 21.3. The van der Waals surface area contributed by atoms with Crippen LogP contribution in [0.3, 0.4) is 0 Å². The Kier molecular flexibility index (Phi) is 1.47. The number of hydrogen-bond donors (Lipinski definition) is 0. The Morgan fingerprint density at radius 2 is 1.89 bits per heavy atom. The van der Waals surface area contributed by atoms with E-state index < -0.39 is 0 Å². The average molecular weight is 124 g/mol. The SMILES string of the molecule is C=C1CC(=O)CCC1=O. The van der Waals surface area contributed by atoms with Crippen LogP contribution in [0.2, 0.25) is 0 Å². The molecule has 0 aromatic heterocycles. The van der Waals surface area contributed by atoms with Gasteiger partial charge in [0, 0.05) is 19.3 Å². The van der Waals surface area contributed by atoms with Gasteiger partial charge in [-0.15, -0.1) is 0 Å². The number of carbonyl (C=O) groups is 2. The maximum absolute atomic E-state index is 10.7. The molecule has 0 saturated heterocycles. The van der Waals surface area contributed by atoms with Crippen LogP contribution in [0.1, 0.15) is 19.3 Å². The highest BCUT2D eigenvalue weighted by Gasteiger charge is 2.18. The third kappa shape index (κ3) is 1.25. The summed E-state index contributed by atoms with van der Waals surface area (Å²) in [5.74, 6) is 0.189. The smallest absolute Gasteiger partial charge is 0.159 e. The minimum atomic E-state index is 0.0506. The Morgan fingerprint density at radius 3 is 2.33 bits per heavy atom. The van der Waals surface area contributed by atoms with Crippen molar-refractivity contribution in [3.8, 4) is 0 Å². The lowest BCUT2D eigenvalue weighted by molar-refractivity contribution is -0.125. The van der Waals surface area contributed by atoms with Crippen LogP contribution in [-0.2, 0) is 9.59 Å². The van der Waals surface area contributed by atoms with E-state index in [2.05, 4.69) is 6.58 Å². The van der Waals surface area contributed by atoms with Gasteiger partial charge >= 0.3 is 0 Å². The molecule has 0 bridgehead atoms. The topological polar surface area (TPSA) is 34.1 Å². The summed E-state index contributed by atoms with van der Waals surface area (Å²) in [5, 5.41) is 0. The van der Waals surface area contributed by atoms with Crippen LogP contribution in [0.5, 0.6) is 0 Å². The van der Waals surface area contributed by atoms with Crippen molar-refractivity contribution in [3.63, 3.8) is 0 Å². The minimum absolute atomic E-state index is 0.0506. The number of Topliss-reactive ketones (excluding diaryl/α,β-unsaturated/α-hetero) is 2. The molecule has 0 spiro atoms. The number of ketones is 2. The Hall–Kier alpha value is -0.920. The second kappa shape index (κ2) is 2.13. The highest BCUT2D eigenvalue weighted by Crippen LogP contribution is 2.14. The zero-order chi connectivity index (χ0) is 6.85. The molecule has 9 heavy (non-hydrogen) atoms. The summed E-state index contributed by atoms with van der Waals surface area (Å²) in [6.07, 6.45) is 1.06. The normalized spacial score (nSPS) is 20.7. The van der Waals surface area contributed by atoms with E-state index in [0.717, 1.165) is 0 Å². The summed E-state index contributed by atoms with van der Waals surface area (Å²) in [6, 6.07) is 0. The van der Waals surface area contributed by atoms with Crippen molar-refractivity contribution in [2.45, 2.75) is 19.3 Å². The van der Waals surface area contributed by atoms with E-state index in [-0.39, 0.29) is 18.0 Å². The first-order chi connectivity index (χ1) is 4.20. The highest BCUT2D eigenvalue weighted by molar-refractivity contribution is 6.04. The fraction of sp³-hybridized carbons (Fsp3) is 0.429. The molecule has 0 N–H and O–H groups in total. The summed E-state index contributed by atoms with van der Waals surface area (Å²) < 4.78 is 0. The van der Waals surface area contributed by atoms with E-state index in [9.17, 15) is 9.59 Å². The van der Waals surface area contributed by atoms with E-state index in [1.807, 2.05) is 0 Å². The van der Waals surface area contributed by atoms with Gasteiger partial charge in [-0.25, -0.2) is 0 Å². The molecule has 1 saturated carbocycles. The predicted octanol–water partition coefficient (Wildman–Crippen LogP) is 0.865. The molecule has 0 atom stereocenters. The maximum Gasteiger partial charge on any atom is 0.159 e. The van der Waals surface area contributed by atoms with Gasteiger partial charge in [0.2, 0.25) is 0 Å². The zero-order valence-electron chi connectivity index (χ0n) is 5.14. The molecule has 48 valence electrons. The van der Waals surface area contributed by atoms with Crippen molar-refractivity contribution in [1.82, 2.24) is 0 Å². The first-order valence-corrected chi connectivity index (χ1v) is 2.93. The van der Waals surface area contributed by atoms with E-state index in [0.29, 0.717) is 18.4 Å². The van der Waals surface area contributed by atoms with Crippen LogP contribution < -0.4 is 0 Å². The van der Waals surface area contributed by atoms with Crippen molar-refractivity contribution in [3.05, 3.63) is 12.2 Å². The van der Waals surface area contributed by atoms with E-state index >= 15 is 0 Å². The van der Waals surface area contributed by atoms with E-state index in [4.69, 9.17) is 0 Å². The lowest BCUT2D eigenvalue weighted by atomic mass is 9.94. The van der Waals surface area contributed by atoms with Gasteiger partial charge in [-0.3, -0.25) is 9.59 Å². The highest BCUT2D eigenvalue weighted by atomic mass is 16.1. The molecule has 2 heteroatoms. The average Bonchev–Trinajstić information content (AvgIpc) is 1.80. The van der Waals surface area contributed by atoms with Gasteiger partial charge in [-0.1, -0.05) is 6.58 Å². The van der Waals surface area contributed by atoms with Gasteiger partial charge < -0.3 is 0 Å². The lowest BCUT2D eigenvalue weighted by Gasteiger charge is -2.08. The van der Waals surface area contributed by atoms with Crippen LogP contribution in [0, 0.1) is 0 Å². The second-order valence-corrected chi connectivity index (χ2v) is 2.24. The summed E-state index contributed by atoms with van der Waals surface area (Å²) in [7, 11) is 0. The van der Waals surface area contributed by atoms with E-state index in [1.165, 1.54) is 0 Å². The van der Waals surface area contributed by atoms with E-state index in [1.54, 1.807) is 0 Å². The Balaban J connectivity index is 2.64. The Morgan fingerprint density at radius 1 is 1.22 bits per heavy atom. The maximum atomic E-state index is 10.7. The molecule has 0 unspecified atom stereocenters. The molecule has 1 aliphatic rings. The summed E-state index contributed by atoms with van der Waals surface area (Å²) in [6.45, 7) is 3.48. The Bertz CT molecular complexity index is 179. The number of allylic oxidation sites excluding steroid dienone is 1. The molecule has 1 fully saturated rings. The van der Waals surface area contributed by atoms with Crippen molar-refractivity contribution < 1.29 is 9.59 Å². The molecule has 1 aliphatic carbocycles. The first kappa shape index (κ1) is 6.20. The van der Waals surface area contributed by atoms with Gasteiger partial charge in [0.15, 0.2) is 5.78 Å². The second-order valence-electron chi connectivity index (χ2n) is 2.24. The standard InChI is InChI=1S/C7H8O2/c1-5-4-6(8)2-3-7(5)9/h1-4H2. The third-order valence-corrected chi connectivity index (χ3v) is 1.44. The predicted molar refractivity (Wildman–Crippen MR) is 33.0 cm³/mol. The molecule has 0 aliphatic heterocycles. The van der Waals surface area contributed by atoms with Gasteiger partial charge in [-0.2, -0.15) is 0 Å². The molecule has 1 rings (SSSR count). The summed E-state index contributed by atoms with van der Waals surface area (Å²) >= 11 is 0. The van der Waals surface area contributed by atoms with Crippen molar-refractivity contribution in [1.29, 1.82) is 0 Å². The Labute approximate surface area is 53.6 Å². The van der Waals surface area contributed by atoms with Crippen molar-refractivity contribution in [2.75, 3.05) is 0 Å². The van der Waals surface area contributed by atoms with Crippen LogP contribution in [-0.4, -0.2) is 11.6 Å². The number of carbonyl (C=O) groups excluding carboxylic acids is 2. The van der Waals surface area contributed by atoms with Gasteiger partial charge in [0.25, 0.3) is 0 Å². The van der Waals surface area contributed by atoms with Gasteiger partial charge in [0.1, 0.15) is 5.78 Å². The molecule has 2 nitrogen and oxygen atoms in total. The summed E-state index contributed by atoms with van der Waals surface area (Å²) in [5.41, 5.74) is 0.478. The van der Waals surface area contributed by atoms with Crippen LogP contribution in [0.25, 0.3) is 0 Å². The van der Waals surface area contributed by atoms with Gasteiger partial charge in [-0.05, 0) is 5.57 Å². The molecular formula is C7H8O2. The molecule has 0 amide bonds. The van der Waals surface area contributed by atoms with Crippen LogP contribution >= 0.6 is 0 Å². The van der Waals surface area contributed by atoms with Gasteiger partial charge in [0.05, 0.1) is 0 Å². The van der Waals surface area contributed by atoms with Crippen molar-refractivity contribution in [2.24, 2.45) is 0 Å². The largest absolute Gasteiger partial charge is 0.299 e. The molecular weight excluding hydrogens is 116 g/mol. The molecule has 0 heterocycles. The minimum Gasteiger partial charge on any atom is -0.299 e. The monoisotopic (exact) mass is 124 g/mol. The van der Waals surface area contributed by atoms with Crippen molar-refractivity contribution >= 4 is 11.6 Å². The van der Waals surface area contributed by atoms with Crippen LogP contribution in [0.4, 0.5) is 0 Å². The third-order valence-electron chi connectivity index (χ3n) is 1.44. The number of rotatable bonds is 0. The lowest BCUT2D eigenvalue weighted by Crippen LogP contribution is -2.15. The quantitative estimate of drug-likeness (QED) is 0.449. The number of hydrogen-bond acceptors (Lipinski definition) is 2. The fourth-order valence-electron chi connectivity index (χ4n) is 0.855. The molecule has 0 aromatic carbocycles. The fourth-order valence-corrected chi connectivity index (χ4v) is 0.855. The molecule has 0 radical (unpaired) electrons.